The summed E-state index contributed by atoms with van der Waals surface area (Å²) in [4.78, 5) is 15.4. The molecule has 21 heavy (non-hydrogen) atoms. The molecule has 2 aliphatic heterocycles. The minimum Gasteiger partial charge on any atom is -0.477 e. The average molecular weight is 284 g/mol. The summed E-state index contributed by atoms with van der Waals surface area (Å²) in [5, 5.41) is 13.7. The highest BCUT2D eigenvalue weighted by atomic mass is 16.5. The maximum Gasteiger partial charge on any atom is 0.354 e. The maximum atomic E-state index is 11.2. The number of aromatic carboxylic acids is 1. The number of benzene rings is 1. The largest absolute Gasteiger partial charge is 0.477 e. The van der Waals surface area contributed by atoms with Gasteiger partial charge < -0.3 is 15.2 Å². The smallest absolute Gasteiger partial charge is 0.354 e. The molecular formula is C16H16N2O3. The molecular weight excluding hydrogens is 268 g/mol. The van der Waals surface area contributed by atoms with E-state index in [1.165, 1.54) is 0 Å². The van der Waals surface area contributed by atoms with Crippen LogP contribution < -0.4 is 5.32 Å². The Kier molecular flexibility index (Phi) is 2.82. The van der Waals surface area contributed by atoms with Gasteiger partial charge in [0, 0.05) is 11.1 Å². The lowest BCUT2D eigenvalue weighted by molar-refractivity contribution is 0.0691. The van der Waals surface area contributed by atoms with Gasteiger partial charge in [-0.2, -0.15) is 0 Å². The number of rotatable bonds is 3. The summed E-state index contributed by atoms with van der Waals surface area (Å²) < 4.78 is 5.85. The molecule has 2 aromatic rings. The lowest BCUT2D eigenvalue weighted by Crippen LogP contribution is -2.30. The highest BCUT2D eigenvalue weighted by molar-refractivity contribution is 5.97. The highest BCUT2D eigenvalue weighted by Gasteiger charge is 2.40. The van der Waals surface area contributed by atoms with Crippen LogP contribution in [0.3, 0.4) is 0 Å². The van der Waals surface area contributed by atoms with E-state index in [2.05, 4.69) is 10.3 Å². The molecule has 3 heterocycles. The Bertz CT molecular complexity index is 716. The number of pyridine rings is 1. The van der Waals surface area contributed by atoms with Crippen LogP contribution in [0.2, 0.25) is 0 Å². The number of fused-ring (bicyclic) bond motifs is 3. The van der Waals surface area contributed by atoms with Crippen molar-refractivity contribution < 1.29 is 14.6 Å². The van der Waals surface area contributed by atoms with E-state index in [1.807, 2.05) is 24.3 Å². The van der Waals surface area contributed by atoms with E-state index in [0.29, 0.717) is 11.6 Å². The number of ether oxygens (including phenoxy) is 1. The van der Waals surface area contributed by atoms with Crippen LogP contribution in [0.1, 0.15) is 29.8 Å². The molecule has 3 unspecified atom stereocenters. The predicted octanol–water partition coefficient (Wildman–Crippen LogP) is 2.66. The third-order valence-corrected chi connectivity index (χ3v) is 4.38. The number of hydrogen-bond donors (Lipinski definition) is 2. The van der Waals surface area contributed by atoms with Gasteiger partial charge in [0.2, 0.25) is 0 Å². The number of aromatic nitrogens is 1. The van der Waals surface area contributed by atoms with Crippen molar-refractivity contribution in [2.45, 2.75) is 37.5 Å². The van der Waals surface area contributed by atoms with Crippen LogP contribution in [-0.4, -0.2) is 34.3 Å². The van der Waals surface area contributed by atoms with Crippen LogP contribution in [0.25, 0.3) is 10.9 Å². The molecule has 2 bridgehead atoms. The lowest BCUT2D eigenvalue weighted by atomic mass is 9.95. The van der Waals surface area contributed by atoms with Crippen LogP contribution in [0.15, 0.2) is 30.3 Å². The fourth-order valence-electron chi connectivity index (χ4n) is 3.39. The van der Waals surface area contributed by atoms with E-state index < -0.39 is 5.97 Å². The zero-order valence-corrected chi connectivity index (χ0v) is 11.5. The van der Waals surface area contributed by atoms with Gasteiger partial charge in [-0.3, -0.25) is 0 Å². The third-order valence-electron chi connectivity index (χ3n) is 4.38. The Morgan fingerprint density at radius 1 is 1.33 bits per heavy atom. The van der Waals surface area contributed by atoms with Crippen LogP contribution in [0, 0.1) is 0 Å². The SMILES string of the molecule is O=C(O)c1cc(NC2CC3CCC2O3)c2ccccc2n1. The average Bonchev–Trinajstić information content (AvgIpc) is 3.09. The minimum atomic E-state index is -1.01. The predicted molar refractivity (Wildman–Crippen MR) is 78.6 cm³/mol. The van der Waals surface area contributed by atoms with Gasteiger partial charge in [0.05, 0.1) is 23.8 Å². The van der Waals surface area contributed by atoms with Gasteiger partial charge in [0.1, 0.15) is 0 Å². The van der Waals surface area contributed by atoms with Gasteiger partial charge in [-0.1, -0.05) is 18.2 Å². The number of para-hydroxylation sites is 1. The summed E-state index contributed by atoms with van der Waals surface area (Å²) in [6, 6.07) is 9.49. The van der Waals surface area contributed by atoms with Gasteiger partial charge in [0.25, 0.3) is 0 Å². The van der Waals surface area contributed by atoms with E-state index in [1.54, 1.807) is 6.07 Å². The van der Waals surface area contributed by atoms with Gasteiger partial charge in [-0.25, -0.2) is 9.78 Å². The topological polar surface area (TPSA) is 71.5 Å². The van der Waals surface area contributed by atoms with Crippen molar-refractivity contribution in [3.63, 3.8) is 0 Å². The molecule has 2 N–H and O–H groups in total. The Morgan fingerprint density at radius 2 is 2.19 bits per heavy atom. The number of nitrogens with zero attached hydrogens (tertiary/aromatic N) is 1. The zero-order valence-electron chi connectivity index (χ0n) is 11.5. The molecule has 0 saturated carbocycles. The normalized spacial score (nSPS) is 27.1. The van der Waals surface area contributed by atoms with Crippen LogP contribution in [-0.2, 0) is 4.74 Å². The third kappa shape index (κ3) is 2.14. The van der Waals surface area contributed by atoms with E-state index in [4.69, 9.17) is 4.74 Å². The second-order valence-electron chi connectivity index (χ2n) is 5.74. The van der Waals surface area contributed by atoms with E-state index in [0.717, 1.165) is 30.3 Å². The first-order chi connectivity index (χ1) is 10.2. The number of anilines is 1. The molecule has 0 spiro atoms. The maximum absolute atomic E-state index is 11.2. The molecule has 4 rings (SSSR count). The molecule has 5 heteroatoms. The number of hydrogen-bond acceptors (Lipinski definition) is 4. The van der Waals surface area contributed by atoms with Crippen molar-refractivity contribution in [2.24, 2.45) is 0 Å². The lowest BCUT2D eigenvalue weighted by Gasteiger charge is -2.22. The van der Waals surface area contributed by atoms with Crippen molar-refractivity contribution in [3.8, 4) is 0 Å². The number of nitrogens with one attached hydrogen (secondary N) is 1. The van der Waals surface area contributed by atoms with Crippen molar-refractivity contribution in [2.75, 3.05) is 5.32 Å². The van der Waals surface area contributed by atoms with E-state index in [-0.39, 0.29) is 17.8 Å². The first kappa shape index (κ1) is 12.6. The van der Waals surface area contributed by atoms with Gasteiger partial charge in [0.15, 0.2) is 5.69 Å². The van der Waals surface area contributed by atoms with Gasteiger partial charge in [-0.05, 0) is 31.4 Å². The molecule has 108 valence electrons. The van der Waals surface area contributed by atoms with Crippen molar-refractivity contribution >= 4 is 22.6 Å². The standard InChI is InChI=1S/C16H16N2O3/c19-16(20)14-8-12(10-3-1-2-4-11(10)17-14)18-13-7-9-5-6-15(13)21-9/h1-4,8-9,13,15H,5-7H2,(H,17,18)(H,19,20). The minimum absolute atomic E-state index is 0.0697. The molecule has 0 aliphatic carbocycles. The number of carboxylic acid groups (broad SMARTS) is 1. The summed E-state index contributed by atoms with van der Waals surface area (Å²) in [7, 11) is 0. The van der Waals surface area contributed by atoms with Gasteiger partial charge in [-0.15, -0.1) is 0 Å². The number of carboxylic acids is 1. The summed E-state index contributed by atoms with van der Waals surface area (Å²) in [5.74, 6) is -1.01. The molecule has 1 aromatic heterocycles. The first-order valence-electron chi connectivity index (χ1n) is 7.26. The Balaban J connectivity index is 1.74. The van der Waals surface area contributed by atoms with Crippen LogP contribution >= 0.6 is 0 Å². The second kappa shape index (κ2) is 4.70. The molecule has 3 atom stereocenters. The molecule has 2 saturated heterocycles. The Labute approximate surface area is 121 Å². The highest BCUT2D eigenvalue weighted by Crippen LogP contribution is 2.37. The Hall–Kier alpha value is -2.14. The van der Waals surface area contributed by atoms with Crippen molar-refractivity contribution in [3.05, 3.63) is 36.0 Å². The van der Waals surface area contributed by atoms with E-state index in [9.17, 15) is 9.90 Å². The fourth-order valence-corrected chi connectivity index (χ4v) is 3.39. The summed E-state index contributed by atoms with van der Waals surface area (Å²) in [5.41, 5.74) is 1.60. The quantitative estimate of drug-likeness (QED) is 0.906. The summed E-state index contributed by atoms with van der Waals surface area (Å²) >= 11 is 0. The van der Waals surface area contributed by atoms with Crippen LogP contribution in [0.4, 0.5) is 5.69 Å². The summed E-state index contributed by atoms with van der Waals surface area (Å²) in [6.45, 7) is 0. The van der Waals surface area contributed by atoms with Crippen molar-refractivity contribution in [1.29, 1.82) is 0 Å². The fraction of sp³-hybridized carbons (Fsp3) is 0.375. The van der Waals surface area contributed by atoms with E-state index >= 15 is 0 Å². The molecule has 5 nitrogen and oxygen atoms in total. The van der Waals surface area contributed by atoms with Crippen LogP contribution in [0.5, 0.6) is 0 Å². The Morgan fingerprint density at radius 3 is 2.90 bits per heavy atom. The molecule has 0 radical (unpaired) electrons. The molecule has 0 amide bonds. The first-order valence-corrected chi connectivity index (χ1v) is 7.26. The van der Waals surface area contributed by atoms with Crippen molar-refractivity contribution in [1.82, 2.24) is 4.98 Å². The molecule has 1 aromatic carbocycles. The van der Waals surface area contributed by atoms with Gasteiger partial charge >= 0.3 is 5.97 Å². The molecule has 2 aliphatic rings. The second-order valence-corrected chi connectivity index (χ2v) is 5.74. The summed E-state index contributed by atoms with van der Waals surface area (Å²) in [6.07, 6.45) is 3.82. The monoisotopic (exact) mass is 284 g/mol. The zero-order chi connectivity index (χ0) is 14.4. The molecule has 2 fully saturated rings. The number of carbonyl (C=O) groups is 1.